The molecule has 2 aliphatic heterocycles. The number of hydrogen-bond acceptors (Lipinski definition) is 2. The maximum absolute atomic E-state index is 12.3. The number of amides is 2. The van der Waals surface area contributed by atoms with Gasteiger partial charge in [-0.2, -0.15) is 0 Å². The van der Waals surface area contributed by atoms with E-state index in [1.165, 1.54) is 25.7 Å². The lowest BCUT2D eigenvalue weighted by molar-refractivity contribution is 0.120. The Bertz CT molecular complexity index is 341. The number of likely N-dealkylation sites (tertiary alicyclic amines) is 1. The Labute approximate surface area is 115 Å². The van der Waals surface area contributed by atoms with E-state index >= 15 is 0 Å². The maximum Gasteiger partial charge on any atom is 0.317 e. The first-order valence-corrected chi connectivity index (χ1v) is 7.78. The fourth-order valence-electron chi connectivity index (χ4n) is 3.79. The van der Waals surface area contributed by atoms with Crippen molar-refractivity contribution < 1.29 is 9.53 Å². The fourth-order valence-corrected chi connectivity index (χ4v) is 3.79. The fraction of sp³-hybridized carbons (Fsp3) is 0.933. The molecule has 1 saturated carbocycles. The number of carbonyl (C=O) groups is 1. The molecule has 0 aromatic rings. The second-order valence-electron chi connectivity index (χ2n) is 6.84. The molecule has 0 aromatic carbocycles. The summed E-state index contributed by atoms with van der Waals surface area (Å²) >= 11 is 0. The Morgan fingerprint density at radius 3 is 2.74 bits per heavy atom. The zero-order valence-electron chi connectivity index (χ0n) is 12.0. The van der Waals surface area contributed by atoms with Crippen LogP contribution in [0.4, 0.5) is 4.79 Å². The molecule has 2 heterocycles. The predicted molar refractivity (Wildman–Crippen MR) is 74.0 cm³/mol. The number of urea groups is 1. The van der Waals surface area contributed by atoms with E-state index in [9.17, 15) is 4.79 Å². The summed E-state index contributed by atoms with van der Waals surface area (Å²) in [6.45, 7) is 6.60. The molecule has 108 valence electrons. The van der Waals surface area contributed by atoms with Crippen molar-refractivity contribution in [3.05, 3.63) is 0 Å². The highest BCUT2D eigenvalue weighted by Crippen LogP contribution is 2.43. The van der Waals surface area contributed by atoms with Gasteiger partial charge in [-0.1, -0.05) is 13.3 Å². The van der Waals surface area contributed by atoms with Crippen LogP contribution < -0.4 is 5.32 Å². The molecule has 3 rings (SSSR count). The minimum Gasteiger partial charge on any atom is -0.381 e. The van der Waals surface area contributed by atoms with Crippen LogP contribution >= 0.6 is 0 Å². The Hall–Kier alpha value is -0.770. The quantitative estimate of drug-likeness (QED) is 0.852. The number of hydrogen-bond donors (Lipinski definition) is 1. The predicted octanol–water partition coefficient (Wildman–Crippen LogP) is 2.39. The van der Waals surface area contributed by atoms with Crippen LogP contribution in [-0.4, -0.2) is 43.8 Å². The summed E-state index contributed by atoms with van der Waals surface area (Å²) in [5.74, 6) is 0. The highest BCUT2D eigenvalue weighted by atomic mass is 16.5. The third-order valence-electron chi connectivity index (χ3n) is 5.69. The summed E-state index contributed by atoms with van der Waals surface area (Å²) in [6.07, 6.45) is 7.30. The lowest BCUT2D eigenvalue weighted by Gasteiger charge is -2.41. The SMILES string of the molecule is CCC1(CNC(=O)N2CCC3(CCOC3)C2)CCC1. The summed E-state index contributed by atoms with van der Waals surface area (Å²) in [5.41, 5.74) is 0.680. The van der Waals surface area contributed by atoms with Gasteiger partial charge < -0.3 is 15.0 Å². The molecule has 1 atom stereocenters. The van der Waals surface area contributed by atoms with E-state index in [4.69, 9.17) is 4.74 Å². The Kier molecular flexibility index (Phi) is 3.46. The molecular weight excluding hydrogens is 240 g/mol. The Morgan fingerprint density at radius 2 is 2.16 bits per heavy atom. The first-order chi connectivity index (χ1) is 9.17. The zero-order valence-corrected chi connectivity index (χ0v) is 12.0. The standard InChI is InChI=1S/C15H26N2O2/c1-2-14(4-3-5-14)10-16-13(18)17-8-6-15(11-17)7-9-19-12-15/h2-12H2,1H3,(H,16,18). The molecule has 2 saturated heterocycles. The van der Waals surface area contributed by atoms with Gasteiger partial charge in [-0.25, -0.2) is 4.79 Å². The van der Waals surface area contributed by atoms with Gasteiger partial charge >= 0.3 is 6.03 Å². The van der Waals surface area contributed by atoms with Crippen molar-refractivity contribution in [3.8, 4) is 0 Å². The molecule has 1 N–H and O–H groups in total. The van der Waals surface area contributed by atoms with Gasteiger partial charge in [-0.3, -0.25) is 0 Å². The summed E-state index contributed by atoms with van der Waals surface area (Å²) in [5, 5.41) is 3.17. The minimum atomic E-state index is 0.142. The van der Waals surface area contributed by atoms with Gasteiger partial charge in [0, 0.05) is 31.7 Å². The summed E-state index contributed by atoms with van der Waals surface area (Å²) < 4.78 is 5.51. The van der Waals surface area contributed by atoms with Crippen LogP contribution in [0.5, 0.6) is 0 Å². The van der Waals surface area contributed by atoms with Crippen LogP contribution in [-0.2, 0) is 4.74 Å². The molecule has 1 spiro atoms. The molecular formula is C15H26N2O2. The van der Waals surface area contributed by atoms with Gasteiger partial charge in [0.2, 0.25) is 0 Å². The molecule has 4 heteroatoms. The van der Waals surface area contributed by atoms with Crippen LogP contribution in [0.3, 0.4) is 0 Å². The molecule has 19 heavy (non-hydrogen) atoms. The van der Waals surface area contributed by atoms with Gasteiger partial charge in [0.25, 0.3) is 0 Å². The smallest absolute Gasteiger partial charge is 0.317 e. The lowest BCUT2D eigenvalue weighted by Crippen LogP contribution is -2.46. The molecule has 1 unspecified atom stereocenters. The van der Waals surface area contributed by atoms with E-state index in [-0.39, 0.29) is 11.4 Å². The highest BCUT2D eigenvalue weighted by Gasteiger charge is 2.43. The topological polar surface area (TPSA) is 41.6 Å². The van der Waals surface area contributed by atoms with Crippen molar-refractivity contribution in [1.29, 1.82) is 0 Å². The zero-order chi connectivity index (χ0) is 13.3. The normalized spacial score (nSPS) is 32.6. The number of nitrogens with zero attached hydrogens (tertiary/aromatic N) is 1. The molecule has 0 bridgehead atoms. The average molecular weight is 266 g/mol. The number of ether oxygens (including phenoxy) is 1. The van der Waals surface area contributed by atoms with Gasteiger partial charge in [0.05, 0.1) is 6.61 Å². The minimum absolute atomic E-state index is 0.142. The number of nitrogens with one attached hydrogen (secondary N) is 1. The second kappa shape index (κ2) is 4.97. The van der Waals surface area contributed by atoms with E-state index in [1.54, 1.807) is 0 Å². The molecule has 0 aromatic heterocycles. The van der Waals surface area contributed by atoms with Crippen molar-refractivity contribution in [1.82, 2.24) is 10.2 Å². The monoisotopic (exact) mass is 266 g/mol. The molecule has 1 aliphatic carbocycles. The van der Waals surface area contributed by atoms with Crippen LogP contribution in [0.2, 0.25) is 0 Å². The number of rotatable bonds is 3. The molecule has 2 amide bonds. The average Bonchev–Trinajstić information content (AvgIpc) is 2.99. The van der Waals surface area contributed by atoms with Gasteiger partial charge in [-0.05, 0) is 37.5 Å². The maximum atomic E-state index is 12.3. The lowest BCUT2D eigenvalue weighted by atomic mass is 9.67. The van der Waals surface area contributed by atoms with Gasteiger partial charge in [0.15, 0.2) is 0 Å². The van der Waals surface area contributed by atoms with Crippen LogP contribution in [0, 0.1) is 10.8 Å². The van der Waals surface area contributed by atoms with Crippen LogP contribution in [0.1, 0.15) is 45.4 Å². The second-order valence-corrected chi connectivity index (χ2v) is 6.84. The van der Waals surface area contributed by atoms with Crippen molar-refractivity contribution in [2.45, 2.75) is 45.4 Å². The van der Waals surface area contributed by atoms with E-state index in [0.29, 0.717) is 5.41 Å². The Balaban J connectivity index is 1.48. The number of carbonyl (C=O) groups excluding carboxylic acids is 1. The van der Waals surface area contributed by atoms with Crippen molar-refractivity contribution in [2.75, 3.05) is 32.8 Å². The van der Waals surface area contributed by atoms with Gasteiger partial charge in [-0.15, -0.1) is 0 Å². The summed E-state index contributed by atoms with van der Waals surface area (Å²) in [4.78, 5) is 14.3. The van der Waals surface area contributed by atoms with Crippen molar-refractivity contribution >= 4 is 6.03 Å². The van der Waals surface area contributed by atoms with E-state index < -0.39 is 0 Å². The summed E-state index contributed by atoms with van der Waals surface area (Å²) in [7, 11) is 0. The Morgan fingerprint density at radius 1 is 1.32 bits per heavy atom. The molecule has 4 nitrogen and oxygen atoms in total. The van der Waals surface area contributed by atoms with E-state index in [0.717, 1.165) is 45.7 Å². The highest BCUT2D eigenvalue weighted by molar-refractivity contribution is 5.74. The van der Waals surface area contributed by atoms with E-state index in [2.05, 4.69) is 12.2 Å². The van der Waals surface area contributed by atoms with E-state index in [1.807, 2.05) is 4.90 Å². The van der Waals surface area contributed by atoms with Crippen LogP contribution in [0.15, 0.2) is 0 Å². The summed E-state index contributed by atoms with van der Waals surface area (Å²) in [6, 6.07) is 0.142. The van der Waals surface area contributed by atoms with Crippen molar-refractivity contribution in [2.24, 2.45) is 10.8 Å². The largest absolute Gasteiger partial charge is 0.381 e. The van der Waals surface area contributed by atoms with Crippen LogP contribution in [0.25, 0.3) is 0 Å². The van der Waals surface area contributed by atoms with Gasteiger partial charge in [0.1, 0.15) is 0 Å². The molecule has 3 aliphatic rings. The van der Waals surface area contributed by atoms with Crippen molar-refractivity contribution in [3.63, 3.8) is 0 Å². The first kappa shape index (κ1) is 13.2. The molecule has 3 fully saturated rings. The molecule has 0 radical (unpaired) electrons. The first-order valence-electron chi connectivity index (χ1n) is 7.78. The third kappa shape index (κ3) is 2.47. The third-order valence-corrected chi connectivity index (χ3v) is 5.69.